The first-order valence-corrected chi connectivity index (χ1v) is 8.58. The summed E-state index contributed by atoms with van der Waals surface area (Å²) in [6.45, 7) is 2.05. The van der Waals surface area contributed by atoms with E-state index in [9.17, 15) is 0 Å². The molecule has 25 heavy (non-hydrogen) atoms. The van der Waals surface area contributed by atoms with Crippen LogP contribution >= 0.6 is 15.9 Å². The zero-order valence-corrected chi connectivity index (χ0v) is 15.0. The topological polar surface area (TPSA) is 66.2 Å². The summed E-state index contributed by atoms with van der Waals surface area (Å²) in [5, 5.41) is 4.17. The standard InChI is InChI=1S/C19H15BrN4O/c1-12-6-7-13(10-15(12)20)18-9-8-14(25-18)11-21-24-19-22-16-4-2-3-5-17(16)23-19/h2-11H,1H3,(H2,22,23,24)/b21-11+. The second-order valence-corrected chi connectivity index (χ2v) is 6.49. The number of halogens is 1. The highest BCUT2D eigenvalue weighted by molar-refractivity contribution is 9.10. The molecule has 124 valence electrons. The molecule has 0 atom stereocenters. The van der Waals surface area contributed by atoms with Gasteiger partial charge < -0.3 is 9.40 Å². The predicted octanol–water partition coefficient (Wildman–Crippen LogP) is 5.34. The molecule has 0 amide bonds. The van der Waals surface area contributed by atoms with Gasteiger partial charge in [-0.1, -0.05) is 40.2 Å². The zero-order chi connectivity index (χ0) is 17.2. The molecule has 2 heterocycles. The Labute approximate surface area is 152 Å². The summed E-state index contributed by atoms with van der Waals surface area (Å²) < 4.78 is 6.88. The monoisotopic (exact) mass is 394 g/mol. The van der Waals surface area contributed by atoms with Gasteiger partial charge in [0.15, 0.2) is 0 Å². The molecule has 0 bridgehead atoms. The van der Waals surface area contributed by atoms with Crippen molar-refractivity contribution in [1.82, 2.24) is 9.97 Å². The van der Waals surface area contributed by atoms with Gasteiger partial charge in [-0.3, -0.25) is 0 Å². The van der Waals surface area contributed by atoms with Crippen LogP contribution in [0.3, 0.4) is 0 Å². The van der Waals surface area contributed by atoms with E-state index in [4.69, 9.17) is 4.42 Å². The van der Waals surface area contributed by atoms with Crippen molar-refractivity contribution in [3.63, 3.8) is 0 Å². The van der Waals surface area contributed by atoms with Crippen molar-refractivity contribution in [3.05, 3.63) is 70.4 Å². The van der Waals surface area contributed by atoms with Crippen molar-refractivity contribution >= 4 is 39.1 Å². The first-order valence-electron chi connectivity index (χ1n) is 7.79. The number of aryl methyl sites for hydroxylation is 1. The predicted molar refractivity (Wildman–Crippen MR) is 104 cm³/mol. The third kappa shape index (κ3) is 3.34. The first kappa shape index (κ1) is 15.7. The van der Waals surface area contributed by atoms with E-state index in [-0.39, 0.29) is 0 Å². The maximum Gasteiger partial charge on any atom is 0.222 e. The number of fused-ring (bicyclic) bond motifs is 1. The summed E-state index contributed by atoms with van der Waals surface area (Å²) in [4.78, 5) is 7.55. The number of hydrazone groups is 1. The van der Waals surface area contributed by atoms with E-state index in [0.717, 1.165) is 26.8 Å². The quantitative estimate of drug-likeness (QED) is 0.362. The fourth-order valence-corrected chi connectivity index (χ4v) is 2.87. The lowest BCUT2D eigenvalue weighted by Gasteiger charge is -2.01. The minimum Gasteiger partial charge on any atom is -0.455 e. The molecule has 0 aliphatic carbocycles. The van der Waals surface area contributed by atoms with E-state index in [0.29, 0.717) is 11.7 Å². The van der Waals surface area contributed by atoms with Crippen LogP contribution in [0.25, 0.3) is 22.4 Å². The van der Waals surface area contributed by atoms with Crippen molar-refractivity contribution in [2.24, 2.45) is 5.10 Å². The molecular weight excluding hydrogens is 380 g/mol. The Bertz CT molecular complexity index is 1030. The molecule has 0 spiro atoms. The van der Waals surface area contributed by atoms with Gasteiger partial charge in [0.1, 0.15) is 11.5 Å². The number of aromatic nitrogens is 2. The van der Waals surface area contributed by atoms with E-state index in [2.05, 4.69) is 49.4 Å². The zero-order valence-electron chi connectivity index (χ0n) is 13.5. The van der Waals surface area contributed by atoms with Crippen LogP contribution in [0.4, 0.5) is 5.95 Å². The van der Waals surface area contributed by atoms with Gasteiger partial charge in [0, 0.05) is 10.0 Å². The summed E-state index contributed by atoms with van der Waals surface area (Å²) in [7, 11) is 0. The normalized spacial score (nSPS) is 11.4. The van der Waals surface area contributed by atoms with Crippen molar-refractivity contribution in [2.45, 2.75) is 6.92 Å². The Morgan fingerprint density at radius 3 is 2.88 bits per heavy atom. The van der Waals surface area contributed by atoms with Crippen molar-refractivity contribution in [1.29, 1.82) is 0 Å². The number of hydrogen-bond acceptors (Lipinski definition) is 4. The molecule has 0 saturated heterocycles. The van der Waals surface area contributed by atoms with E-state index in [1.807, 2.05) is 48.5 Å². The molecule has 0 fully saturated rings. The molecular formula is C19H15BrN4O. The summed E-state index contributed by atoms with van der Waals surface area (Å²) in [5.41, 5.74) is 6.94. The van der Waals surface area contributed by atoms with Crippen LogP contribution in [0.1, 0.15) is 11.3 Å². The number of aromatic amines is 1. The van der Waals surface area contributed by atoms with Crippen molar-refractivity contribution < 1.29 is 4.42 Å². The largest absolute Gasteiger partial charge is 0.455 e. The fraction of sp³-hybridized carbons (Fsp3) is 0.0526. The van der Waals surface area contributed by atoms with E-state index < -0.39 is 0 Å². The molecule has 5 nitrogen and oxygen atoms in total. The van der Waals surface area contributed by atoms with Gasteiger partial charge in [-0.25, -0.2) is 10.4 Å². The number of rotatable bonds is 4. The summed E-state index contributed by atoms with van der Waals surface area (Å²) in [6.07, 6.45) is 1.62. The van der Waals surface area contributed by atoms with Gasteiger partial charge in [0.05, 0.1) is 17.2 Å². The number of para-hydroxylation sites is 2. The van der Waals surface area contributed by atoms with Gasteiger partial charge in [0.2, 0.25) is 5.95 Å². The van der Waals surface area contributed by atoms with Crippen molar-refractivity contribution in [3.8, 4) is 11.3 Å². The van der Waals surface area contributed by atoms with E-state index in [1.165, 1.54) is 5.56 Å². The molecule has 0 aliphatic heterocycles. The maximum absolute atomic E-state index is 5.82. The molecule has 4 rings (SSSR count). The molecule has 2 N–H and O–H groups in total. The number of nitrogens with one attached hydrogen (secondary N) is 2. The highest BCUT2D eigenvalue weighted by Gasteiger charge is 2.05. The van der Waals surface area contributed by atoms with Gasteiger partial charge in [-0.2, -0.15) is 5.10 Å². The second-order valence-electron chi connectivity index (χ2n) is 5.64. The van der Waals surface area contributed by atoms with Gasteiger partial charge in [-0.05, 0) is 42.8 Å². The lowest BCUT2D eigenvalue weighted by atomic mass is 10.1. The highest BCUT2D eigenvalue weighted by atomic mass is 79.9. The Kier molecular flexibility index (Phi) is 4.11. The van der Waals surface area contributed by atoms with Crippen LogP contribution in [0.15, 0.2) is 68.6 Å². The lowest BCUT2D eigenvalue weighted by Crippen LogP contribution is -1.91. The average Bonchev–Trinajstić information content (AvgIpc) is 3.24. The van der Waals surface area contributed by atoms with Crippen LogP contribution in [-0.2, 0) is 0 Å². The van der Waals surface area contributed by atoms with E-state index in [1.54, 1.807) is 6.21 Å². The van der Waals surface area contributed by atoms with Gasteiger partial charge in [0.25, 0.3) is 0 Å². The highest BCUT2D eigenvalue weighted by Crippen LogP contribution is 2.26. The van der Waals surface area contributed by atoms with Gasteiger partial charge >= 0.3 is 0 Å². The van der Waals surface area contributed by atoms with E-state index >= 15 is 0 Å². The number of hydrogen-bond donors (Lipinski definition) is 2. The summed E-state index contributed by atoms with van der Waals surface area (Å²) >= 11 is 3.54. The molecule has 6 heteroatoms. The van der Waals surface area contributed by atoms with Crippen LogP contribution < -0.4 is 5.43 Å². The van der Waals surface area contributed by atoms with Crippen LogP contribution in [0, 0.1) is 6.92 Å². The lowest BCUT2D eigenvalue weighted by molar-refractivity contribution is 0.575. The number of anilines is 1. The van der Waals surface area contributed by atoms with Crippen molar-refractivity contribution in [2.75, 3.05) is 5.43 Å². The maximum atomic E-state index is 5.82. The Morgan fingerprint density at radius 1 is 1.16 bits per heavy atom. The number of nitrogens with zero attached hydrogens (tertiary/aromatic N) is 2. The average molecular weight is 395 g/mol. The number of imidazole rings is 1. The summed E-state index contributed by atoms with van der Waals surface area (Å²) in [6, 6.07) is 17.8. The molecule has 2 aromatic carbocycles. The van der Waals surface area contributed by atoms with Crippen LogP contribution in [0.2, 0.25) is 0 Å². The molecule has 0 aliphatic rings. The molecule has 0 radical (unpaired) electrons. The Hall–Kier alpha value is -2.86. The third-order valence-corrected chi connectivity index (χ3v) is 4.69. The summed E-state index contributed by atoms with van der Waals surface area (Å²) in [5.74, 6) is 2.05. The molecule has 0 saturated carbocycles. The number of benzene rings is 2. The molecule has 2 aromatic heterocycles. The smallest absolute Gasteiger partial charge is 0.222 e. The first-order chi connectivity index (χ1) is 12.2. The minimum atomic E-state index is 0.590. The Morgan fingerprint density at radius 2 is 2.04 bits per heavy atom. The third-order valence-electron chi connectivity index (χ3n) is 3.83. The SMILES string of the molecule is Cc1ccc(-c2ccc(/C=N/Nc3nc4ccccc4[nH]3)o2)cc1Br. The minimum absolute atomic E-state index is 0.590. The molecule has 4 aromatic rings. The number of H-pyrrole nitrogens is 1. The van der Waals surface area contributed by atoms with Gasteiger partial charge in [-0.15, -0.1) is 0 Å². The molecule has 0 unspecified atom stereocenters. The Balaban J connectivity index is 1.48. The van der Waals surface area contributed by atoms with Crippen LogP contribution in [0.5, 0.6) is 0 Å². The number of furan rings is 1. The van der Waals surface area contributed by atoms with Crippen LogP contribution in [-0.4, -0.2) is 16.2 Å². The fourth-order valence-electron chi connectivity index (χ4n) is 2.49. The second kappa shape index (κ2) is 6.57.